The lowest BCUT2D eigenvalue weighted by Crippen LogP contribution is -2.63. The zero-order valence-corrected chi connectivity index (χ0v) is 34.8. The third-order valence-corrected chi connectivity index (χ3v) is 16.2. The monoisotopic (exact) mass is 813 g/mol. The van der Waals surface area contributed by atoms with E-state index in [4.69, 9.17) is 16.3 Å². The molecule has 300 valence electrons. The number of carbonyl (C=O) groups excluding carboxylic acids is 1. The Labute approximate surface area is 332 Å². The quantitative estimate of drug-likeness (QED) is 0.411. The molecule has 3 fully saturated rings. The number of amides is 1. The van der Waals surface area contributed by atoms with Crippen molar-refractivity contribution in [2.75, 3.05) is 70.1 Å². The highest BCUT2D eigenvalue weighted by Crippen LogP contribution is 2.52. The lowest BCUT2D eigenvalue weighted by molar-refractivity contribution is -0.00934. The van der Waals surface area contributed by atoms with Gasteiger partial charge in [0.2, 0.25) is 20.0 Å². The SMILES string of the molecule is C=C1C/C=C/C(CN2CCN3CCN(S(C)(=O)=O)C[C@@H]3C2)[C@@H]2CCC2(C)CN2CCCCc3cc(Cl)ccc3COc3ccc(cc32)C(=O)NS(=O)(=O)C1C. The summed E-state index contributed by atoms with van der Waals surface area (Å²) in [6.07, 6.45) is 10.9. The smallest absolute Gasteiger partial charge is 0.264 e. The highest BCUT2D eigenvalue weighted by atomic mass is 35.5. The molecule has 11 nitrogen and oxygen atoms in total. The second kappa shape index (κ2) is 16.1. The Balaban J connectivity index is 1.22. The first kappa shape index (κ1) is 40.3. The molecule has 55 heavy (non-hydrogen) atoms. The van der Waals surface area contributed by atoms with Gasteiger partial charge in [0, 0.05) is 75.5 Å². The van der Waals surface area contributed by atoms with Crippen LogP contribution in [0.15, 0.2) is 60.7 Å². The Kier molecular flexibility index (Phi) is 11.8. The highest BCUT2D eigenvalue weighted by Gasteiger charge is 2.48. The maximum absolute atomic E-state index is 13.6. The number of hydrogen-bond acceptors (Lipinski definition) is 9. The van der Waals surface area contributed by atoms with Crippen molar-refractivity contribution in [3.8, 4) is 5.75 Å². The van der Waals surface area contributed by atoms with E-state index in [1.54, 1.807) is 29.4 Å². The number of sulfonamides is 2. The number of fused-ring (bicyclic) bond motifs is 4. The van der Waals surface area contributed by atoms with E-state index in [2.05, 4.69) is 45.1 Å². The molecular formula is C41H56ClN5O6S2. The lowest BCUT2D eigenvalue weighted by Gasteiger charge is -2.54. The maximum Gasteiger partial charge on any atom is 0.264 e. The average Bonchev–Trinajstić information content (AvgIpc) is 3.16. The molecule has 0 aromatic heterocycles. The van der Waals surface area contributed by atoms with Crippen molar-refractivity contribution in [1.82, 2.24) is 18.8 Å². The summed E-state index contributed by atoms with van der Waals surface area (Å²) in [4.78, 5) is 20.9. The van der Waals surface area contributed by atoms with Gasteiger partial charge in [0.25, 0.3) is 5.91 Å². The molecule has 2 aromatic rings. The van der Waals surface area contributed by atoms with Crippen LogP contribution >= 0.6 is 11.6 Å². The van der Waals surface area contributed by atoms with E-state index < -0.39 is 31.2 Å². The largest absolute Gasteiger partial charge is 0.487 e. The third kappa shape index (κ3) is 8.97. The van der Waals surface area contributed by atoms with Crippen LogP contribution in [0.4, 0.5) is 5.69 Å². The van der Waals surface area contributed by atoms with E-state index in [0.29, 0.717) is 48.4 Å². The number of aryl methyl sites for hydroxylation is 1. The van der Waals surface area contributed by atoms with Crippen LogP contribution < -0.4 is 14.4 Å². The fourth-order valence-electron chi connectivity index (χ4n) is 9.36. The van der Waals surface area contributed by atoms with Crippen LogP contribution in [-0.2, 0) is 33.1 Å². The van der Waals surface area contributed by atoms with Crippen molar-refractivity contribution in [3.05, 3.63) is 82.4 Å². The number of hydrogen-bond donors (Lipinski definition) is 1. The zero-order valence-electron chi connectivity index (χ0n) is 32.4. The Bertz CT molecular complexity index is 2040. The van der Waals surface area contributed by atoms with Crippen LogP contribution in [0.2, 0.25) is 5.02 Å². The molecule has 5 aliphatic rings. The van der Waals surface area contributed by atoms with Crippen molar-refractivity contribution in [1.29, 1.82) is 0 Å². The van der Waals surface area contributed by atoms with Gasteiger partial charge in [-0.2, -0.15) is 4.31 Å². The van der Waals surface area contributed by atoms with Crippen molar-refractivity contribution < 1.29 is 26.4 Å². The summed E-state index contributed by atoms with van der Waals surface area (Å²) in [7, 11) is -7.32. The minimum absolute atomic E-state index is 0.0499. The number of ether oxygens (including phenoxy) is 1. The lowest BCUT2D eigenvalue weighted by atomic mass is 9.56. The molecule has 5 atom stereocenters. The first-order valence-corrected chi connectivity index (χ1v) is 23.5. The van der Waals surface area contributed by atoms with Gasteiger partial charge in [0.05, 0.1) is 17.2 Å². The molecule has 0 radical (unpaired) electrons. The number of allylic oxidation sites excluding steroid dienone is 1. The maximum atomic E-state index is 13.6. The number of halogens is 1. The standard InChI is InChI=1S/C41H56ClN5O6S2/c1-29-8-7-10-33(24-44-18-19-45-20-21-47(54(4,49)50)26-36(45)25-44)37-15-16-41(37,3)28-46-17-6-5-9-31-22-35(42)13-11-34(31)27-53-39-14-12-32(23-38(39)46)40(48)43-55(51,52)30(29)2/h7,10-14,22-23,30,33,36-37H,1,5-6,8-9,15-21,24-28H2,2-4H3,(H,43,48)/b10-7+/t30?,33?,36-,37-,41?/m0/s1. The van der Waals surface area contributed by atoms with E-state index >= 15 is 0 Å². The van der Waals surface area contributed by atoms with Gasteiger partial charge in [-0.1, -0.05) is 48.9 Å². The number of carbonyl (C=O) groups is 1. The first-order valence-electron chi connectivity index (χ1n) is 19.7. The van der Waals surface area contributed by atoms with Gasteiger partial charge in [-0.3, -0.25) is 14.6 Å². The summed E-state index contributed by atoms with van der Waals surface area (Å²) in [5, 5.41) is -0.278. The molecule has 3 unspecified atom stereocenters. The normalized spacial score (nSPS) is 30.7. The number of nitrogens with zero attached hydrogens (tertiary/aromatic N) is 4. The van der Waals surface area contributed by atoms with Gasteiger partial charge in [0.1, 0.15) is 12.4 Å². The molecule has 14 heteroatoms. The van der Waals surface area contributed by atoms with Gasteiger partial charge in [-0.15, -0.1) is 0 Å². The summed E-state index contributed by atoms with van der Waals surface area (Å²) in [6.45, 7) is 15.2. The Hall–Kier alpha value is -2.94. The zero-order chi connectivity index (χ0) is 39.1. The number of rotatable bonds is 3. The molecule has 2 saturated heterocycles. The molecular weight excluding hydrogens is 758 g/mol. The van der Waals surface area contributed by atoms with E-state index in [-0.39, 0.29) is 22.9 Å². The number of anilines is 1. The van der Waals surface area contributed by atoms with Crippen LogP contribution in [-0.4, -0.2) is 113 Å². The molecule has 1 aliphatic carbocycles. The average molecular weight is 815 g/mol. The summed E-state index contributed by atoms with van der Waals surface area (Å²) < 4.78 is 62.5. The van der Waals surface area contributed by atoms with Crippen LogP contribution in [0.5, 0.6) is 5.75 Å². The van der Waals surface area contributed by atoms with Crippen molar-refractivity contribution in [2.24, 2.45) is 17.3 Å². The second-order valence-corrected chi connectivity index (χ2v) is 21.1. The van der Waals surface area contributed by atoms with Gasteiger partial charge < -0.3 is 9.64 Å². The van der Waals surface area contributed by atoms with Gasteiger partial charge >= 0.3 is 0 Å². The topological polar surface area (TPSA) is 120 Å². The van der Waals surface area contributed by atoms with Crippen LogP contribution in [0.1, 0.15) is 67.4 Å². The second-order valence-electron chi connectivity index (χ2n) is 16.7. The van der Waals surface area contributed by atoms with E-state index in [0.717, 1.165) is 89.2 Å². The fourth-order valence-corrected chi connectivity index (χ4v) is 11.5. The molecule has 1 N–H and O–H groups in total. The predicted molar refractivity (Wildman–Crippen MR) is 219 cm³/mol. The van der Waals surface area contributed by atoms with Crippen LogP contribution in [0.3, 0.4) is 0 Å². The minimum atomic E-state index is -4.07. The van der Waals surface area contributed by atoms with E-state index in [1.807, 2.05) is 18.2 Å². The molecule has 1 saturated carbocycles. The summed E-state index contributed by atoms with van der Waals surface area (Å²) in [5.74, 6) is 0.514. The molecule has 0 spiro atoms. The summed E-state index contributed by atoms with van der Waals surface area (Å²) in [5.41, 5.74) is 3.74. The number of nitrogens with one attached hydrogen (secondary N) is 1. The predicted octanol–water partition coefficient (Wildman–Crippen LogP) is 5.32. The molecule has 1 amide bonds. The number of piperazine rings is 2. The summed E-state index contributed by atoms with van der Waals surface area (Å²) in [6, 6.07) is 11.3. The van der Waals surface area contributed by atoms with Crippen LogP contribution in [0.25, 0.3) is 0 Å². The third-order valence-electron chi connectivity index (χ3n) is 12.9. The van der Waals surface area contributed by atoms with E-state index in [1.165, 1.54) is 11.8 Å². The van der Waals surface area contributed by atoms with Crippen LogP contribution in [0, 0.1) is 17.3 Å². The Morgan fingerprint density at radius 3 is 2.60 bits per heavy atom. The Morgan fingerprint density at radius 1 is 1.04 bits per heavy atom. The fraction of sp³-hybridized carbons (Fsp3) is 0.585. The molecule has 4 heterocycles. The molecule has 2 aromatic carbocycles. The van der Waals surface area contributed by atoms with Gasteiger partial charge in [0.15, 0.2) is 0 Å². The Morgan fingerprint density at radius 2 is 1.84 bits per heavy atom. The highest BCUT2D eigenvalue weighted by molar-refractivity contribution is 7.90. The number of benzene rings is 2. The van der Waals surface area contributed by atoms with Gasteiger partial charge in [-0.25, -0.2) is 21.6 Å². The molecule has 4 aliphatic heterocycles. The first-order chi connectivity index (χ1) is 26.1. The summed E-state index contributed by atoms with van der Waals surface area (Å²) >= 11 is 6.41. The van der Waals surface area contributed by atoms with E-state index in [9.17, 15) is 21.6 Å². The molecule has 2 bridgehead atoms. The van der Waals surface area contributed by atoms with Crippen molar-refractivity contribution in [2.45, 2.75) is 70.3 Å². The van der Waals surface area contributed by atoms with Gasteiger partial charge in [-0.05, 0) is 104 Å². The van der Waals surface area contributed by atoms with Crippen molar-refractivity contribution >= 4 is 43.2 Å². The minimum Gasteiger partial charge on any atom is -0.487 e. The molecule has 7 rings (SSSR count). The van der Waals surface area contributed by atoms with Crippen molar-refractivity contribution in [3.63, 3.8) is 0 Å².